The average Bonchev–Trinajstić information content (AvgIpc) is 2.49. The van der Waals surface area contributed by atoms with Gasteiger partial charge in [-0.05, 0) is 49.2 Å². The molecule has 1 amide bonds. The van der Waals surface area contributed by atoms with E-state index in [0.717, 1.165) is 30.6 Å². The second kappa shape index (κ2) is 5.84. The Morgan fingerprint density at radius 1 is 1.33 bits per heavy atom. The van der Waals surface area contributed by atoms with Crippen LogP contribution in [0.5, 0.6) is 0 Å². The van der Waals surface area contributed by atoms with Crippen LogP contribution < -0.4 is 10.6 Å². The van der Waals surface area contributed by atoms with Crippen molar-refractivity contribution in [3.8, 4) is 0 Å². The van der Waals surface area contributed by atoms with Crippen molar-refractivity contribution in [1.29, 1.82) is 0 Å². The summed E-state index contributed by atoms with van der Waals surface area (Å²) in [5.41, 5.74) is 4.47. The van der Waals surface area contributed by atoms with Crippen molar-refractivity contribution < 1.29 is 4.79 Å². The molecule has 0 unspecified atom stereocenters. The fourth-order valence-electron chi connectivity index (χ4n) is 2.60. The highest BCUT2D eigenvalue weighted by Crippen LogP contribution is 2.21. The molecule has 1 aliphatic heterocycles. The maximum Gasteiger partial charge on any atom is 0.256 e. The maximum absolute atomic E-state index is 12.5. The smallest absolute Gasteiger partial charge is 0.256 e. The molecular weight excluding hydrogens is 286 g/mol. The van der Waals surface area contributed by atoms with E-state index in [4.69, 9.17) is 11.6 Å². The van der Waals surface area contributed by atoms with Gasteiger partial charge in [-0.25, -0.2) is 4.98 Å². The van der Waals surface area contributed by atoms with Gasteiger partial charge in [-0.3, -0.25) is 4.79 Å². The molecule has 5 heteroatoms. The molecule has 1 aliphatic rings. The van der Waals surface area contributed by atoms with Crippen molar-refractivity contribution in [3.63, 3.8) is 0 Å². The van der Waals surface area contributed by atoms with Gasteiger partial charge >= 0.3 is 0 Å². The van der Waals surface area contributed by atoms with E-state index in [1.807, 2.05) is 19.1 Å². The third-order valence-electron chi connectivity index (χ3n) is 3.68. The van der Waals surface area contributed by atoms with Crippen LogP contribution >= 0.6 is 11.6 Å². The minimum Gasteiger partial charge on any atom is -0.320 e. The van der Waals surface area contributed by atoms with Crippen molar-refractivity contribution in [2.24, 2.45) is 0 Å². The quantitative estimate of drug-likeness (QED) is 0.839. The second-order valence-electron chi connectivity index (χ2n) is 5.09. The summed E-state index contributed by atoms with van der Waals surface area (Å²) in [7, 11) is 0. The lowest BCUT2D eigenvalue weighted by Crippen LogP contribution is -2.26. The predicted molar refractivity (Wildman–Crippen MR) is 83.8 cm³/mol. The molecule has 2 aromatic rings. The maximum atomic E-state index is 12.5. The van der Waals surface area contributed by atoms with Crippen LogP contribution in [0, 0.1) is 6.92 Å². The Balaban J connectivity index is 1.89. The summed E-state index contributed by atoms with van der Waals surface area (Å²) >= 11 is 5.83. The van der Waals surface area contributed by atoms with Gasteiger partial charge in [-0.15, -0.1) is 0 Å². The molecule has 0 fully saturated rings. The van der Waals surface area contributed by atoms with E-state index in [-0.39, 0.29) is 5.91 Å². The number of carbonyl (C=O) groups is 1. The number of amides is 1. The normalized spacial score (nSPS) is 13.6. The van der Waals surface area contributed by atoms with Crippen molar-refractivity contribution in [2.75, 3.05) is 11.9 Å². The third-order valence-corrected chi connectivity index (χ3v) is 3.90. The summed E-state index contributed by atoms with van der Waals surface area (Å²) in [4.78, 5) is 16.7. The lowest BCUT2D eigenvalue weighted by atomic mass is 9.95. The average molecular weight is 302 g/mol. The van der Waals surface area contributed by atoms with E-state index < -0.39 is 0 Å². The van der Waals surface area contributed by atoms with Gasteiger partial charge in [0, 0.05) is 12.1 Å². The van der Waals surface area contributed by atoms with Crippen LogP contribution in [0.15, 0.2) is 30.3 Å². The van der Waals surface area contributed by atoms with Gasteiger partial charge in [0.25, 0.3) is 5.91 Å². The summed E-state index contributed by atoms with van der Waals surface area (Å²) in [6.07, 6.45) is 0.872. The highest BCUT2D eigenvalue weighted by atomic mass is 35.5. The minimum absolute atomic E-state index is 0.0963. The molecule has 4 nitrogen and oxygen atoms in total. The monoisotopic (exact) mass is 301 g/mol. The SMILES string of the molecule is Cc1nc(Cl)ccc1NC(=O)c1cccc2c1CCNC2. The fourth-order valence-corrected chi connectivity index (χ4v) is 2.79. The topological polar surface area (TPSA) is 54.0 Å². The fraction of sp³-hybridized carbons (Fsp3) is 0.250. The van der Waals surface area contributed by atoms with Crippen LogP contribution in [0.3, 0.4) is 0 Å². The number of pyridine rings is 1. The summed E-state index contributed by atoms with van der Waals surface area (Å²) in [6, 6.07) is 9.31. The minimum atomic E-state index is -0.0963. The lowest BCUT2D eigenvalue weighted by molar-refractivity contribution is 0.102. The van der Waals surface area contributed by atoms with Crippen molar-refractivity contribution in [1.82, 2.24) is 10.3 Å². The lowest BCUT2D eigenvalue weighted by Gasteiger charge is -2.20. The number of nitrogens with one attached hydrogen (secondary N) is 2. The van der Waals surface area contributed by atoms with Crippen molar-refractivity contribution in [2.45, 2.75) is 19.9 Å². The van der Waals surface area contributed by atoms with Crippen LogP contribution in [-0.2, 0) is 13.0 Å². The molecule has 0 saturated heterocycles. The molecule has 2 heterocycles. The number of aryl methyl sites for hydroxylation is 1. The summed E-state index contributed by atoms with van der Waals surface area (Å²) in [5.74, 6) is -0.0963. The number of hydrogen-bond donors (Lipinski definition) is 2. The van der Waals surface area contributed by atoms with Gasteiger partial charge in [-0.2, -0.15) is 0 Å². The molecule has 108 valence electrons. The number of halogens is 1. The highest BCUT2D eigenvalue weighted by Gasteiger charge is 2.17. The first-order valence-corrected chi connectivity index (χ1v) is 7.29. The Morgan fingerprint density at radius 2 is 2.19 bits per heavy atom. The number of aromatic nitrogens is 1. The molecule has 0 bridgehead atoms. The number of rotatable bonds is 2. The number of anilines is 1. The van der Waals surface area contributed by atoms with Crippen LogP contribution in [-0.4, -0.2) is 17.4 Å². The number of carbonyl (C=O) groups excluding carboxylic acids is 1. The number of benzene rings is 1. The van der Waals surface area contributed by atoms with Gasteiger partial charge in [0.05, 0.1) is 11.4 Å². The molecule has 21 heavy (non-hydrogen) atoms. The van der Waals surface area contributed by atoms with E-state index >= 15 is 0 Å². The Bertz CT molecular complexity index is 700. The van der Waals surface area contributed by atoms with Gasteiger partial charge in [0.2, 0.25) is 0 Å². The zero-order valence-corrected chi connectivity index (χ0v) is 12.5. The van der Waals surface area contributed by atoms with Gasteiger partial charge in [-0.1, -0.05) is 23.7 Å². The van der Waals surface area contributed by atoms with Gasteiger partial charge < -0.3 is 10.6 Å². The zero-order valence-electron chi connectivity index (χ0n) is 11.7. The Hall–Kier alpha value is -1.91. The van der Waals surface area contributed by atoms with E-state index in [9.17, 15) is 4.79 Å². The molecule has 1 aromatic heterocycles. The van der Waals surface area contributed by atoms with Crippen LogP contribution in [0.2, 0.25) is 5.15 Å². The standard InChI is InChI=1S/C16H16ClN3O/c1-10-14(5-6-15(17)19-10)20-16(21)13-4-2-3-11-9-18-8-7-12(11)13/h2-6,18H,7-9H2,1H3,(H,20,21). The number of nitrogens with zero attached hydrogens (tertiary/aromatic N) is 1. The Labute approximate surface area is 128 Å². The first-order valence-electron chi connectivity index (χ1n) is 6.91. The Morgan fingerprint density at radius 3 is 3.00 bits per heavy atom. The molecule has 1 aromatic carbocycles. The Kier molecular flexibility index (Phi) is 3.90. The van der Waals surface area contributed by atoms with Crippen molar-refractivity contribution >= 4 is 23.2 Å². The van der Waals surface area contributed by atoms with E-state index in [1.165, 1.54) is 5.56 Å². The summed E-state index contributed by atoms with van der Waals surface area (Å²) in [5, 5.41) is 6.66. The van der Waals surface area contributed by atoms with Gasteiger partial charge in [0.15, 0.2) is 0 Å². The van der Waals surface area contributed by atoms with Gasteiger partial charge in [0.1, 0.15) is 5.15 Å². The highest BCUT2D eigenvalue weighted by molar-refractivity contribution is 6.29. The van der Waals surface area contributed by atoms with Crippen LogP contribution in [0.1, 0.15) is 27.2 Å². The molecular formula is C16H16ClN3O. The predicted octanol–water partition coefficient (Wildman–Crippen LogP) is 2.94. The zero-order chi connectivity index (χ0) is 14.8. The number of fused-ring (bicyclic) bond motifs is 1. The molecule has 0 radical (unpaired) electrons. The third kappa shape index (κ3) is 2.91. The largest absolute Gasteiger partial charge is 0.320 e. The van der Waals surface area contributed by atoms with E-state index in [2.05, 4.69) is 21.7 Å². The van der Waals surface area contributed by atoms with E-state index in [0.29, 0.717) is 16.5 Å². The molecule has 0 aliphatic carbocycles. The number of hydrogen-bond acceptors (Lipinski definition) is 3. The van der Waals surface area contributed by atoms with E-state index in [1.54, 1.807) is 12.1 Å². The molecule has 0 saturated carbocycles. The molecule has 0 atom stereocenters. The van der Waals surface area contributed by atoms with Crippen LogP contribution in [0.25, 0.3) is 0 Å². The van der Waals surface area contributed by atoms with Crippen molar-refractivity contribution in [3.05, 3.63) is 57.9 Å². The summed E-state index contributed by atoms with van der Waals surface area (Å²) in [6.45, 7) is 3.54. The first-order chi connectivity index (χ1) is 10.1. The molecule has 2 N–H and O–H groups in total. The van der Waals surface area contributed by atoms with Crippen LogP contribution in [0.4, 0.5) is 5.69 Å². The first kappa shape index (κ1) is 14.0. The summed E-state index contributed by atoms with van der Waals surface area (Å²) < 4.78 is 0. The molecule has 3 rings (SSSR count). The second-order valence-corrected chi connectivity index (χ2v) is 5.48. The molecule has 0 spiro atoms.